The highest BCUT2D eigenvalue weighted by Crippen LogP contribution is 2.73. The molecule has 3 aromatic carbocycles. The van der Waals surface area contributed by atoms with Gasteiger partial charge in [0.05, 0.1) is 0 Å². The van der Waals surface area contributed by atoms with Gasteiger partial charge in [0.1, 0.15) is 0 Å². The fourth-order valence-electron chi connectivity index (χ4n) is 8.50. The zero-order valence-corrected chi connectivity index (χ0v) is 20.4. The van der Waals surface area contributed by atoms with Gasteiger partial charge in [-0.15, -0.1) is 0 Å². The molecule has 5 aliphatic rings. The molecule has 1 spiro atoms. The molecule has 0 radical (unpaired) electrons. The molecule has 5 aliphatic carbocycles. The summed E-state index contributed by atoms with van der Waals surface area (Å²) in [6, 6.07) is 25.9. The van der Waals surface area contributed by atoms with E-state index in [0.29, 0.717) is 0 Å². The van der Waals surface area contributed by atoms with Crippen molar-refractivity contribution in [3.63, 3.8) is 0 Å². The van der Waals surface area contributed by atoms with E-state index >= 15 is 0 Å². The molecule has 4 bridgehead atoms. The van der Waals surface area contributed by atoms with Gasteiger partial charge in [0, 0.05) is 23.8 Å². The minimum atomic E-state index is 0.184. The van der Waals surface area contributed by atoms with E-state index < -0.39 is 0 Å². The summed E-state index contributed by atoms with van der Waals surface area (Å²) in [5.41, 5.74) is 10.7. The summed E-state index contributed by atoms with van der Waals surface area (Å²) < 4.78 is 0. The van der Waals surface area contributed by atoms with Crippen LogP contribution >= 0.6 is 0 Å². The fourth-order valence-corrected chi connectivity index (χ4v) is 8.50. The van der Waals surface area contributed by atoms with Crippen molar-refractivity contribution < 1.29 is 0 Å². The molecule has 0 heterocycles. The topological polar surface area (TPSA) is 3.24 Å². The Kier molecular flexibility index (Phi) is 3.93. The van der Waals surface area contributed by atoms with Gasteiger partial charge in [0.2, 0.25) is 0 Å². The first kappa shape index (κ1) is 19.9. The molecule has 0 N–H and O–H groups in total. The smallest absolute Gasteiger partial charge is 0.0411 e. The van der Waals surface area contributed by atoms with Crippen LogP contribution in [0.1, 0.15) is 63.1 Å². The first-order valence-corrected chi connectivity index (χ1v) is 13.0. The Morgan fingerprint density at radius 2 is 1.48 bits per heavy atom. The Bertz CT molecular complexity index is 1240. The molecule has 0 amide bonds. The molecule has 0 saturated heterocycles. The van der Waals surface area contributed by atoms with Gasteiger partial charge in [-0.3, -0.25) is 0 Å². The van der Waals surface area contributed by atoms with Crippen molar-refractivity contribution in [2.75, 3.05) is 11.9 Å². The van der Waals surface area contributed by atoms with Crippen molar-refractivity contribution in [1.29, 1.82) is 0 Å². The maximum atomic E-state index is 2.57. The lowest BCUT2D eigenvalue weighted by molar-refractivity contribution is 0.191. The second kappa shape index (κ2) is 6.53. The molecule has 168 valence electrons. The van der Waals surface area contributed by atoms with Crippen molar-refractivity contribution >= 4 is 11.4 Å². The largest absolute Gasteiger partial charge is 0.345 e. The van der Waals surface area contributed by atoms with E-state index in [4.69, 9.17) is 0 Å². The number of hydrogen-bond donors (Lipinski definition) is 0. The van der Waals surface area contributed by atoms with Crippen LogP contribution in [0, 0.1) is 23.7 Å². The Morgan fingerprint density at radius 3 is 2.24 bits per heavy atom. The Hall–Kier alpha value is -2.54. The summed E-state index contributed by atoms with van der Waals surface area (Å²) in [6.45, 7) is 6.85. The Morgan fingerprint density at radius 1 is 0.758 bits per heavy atom. The van der Waals surface area contributed by atoms with Crippen molar-refractivity contribution in [1.82, 2.24) is 0 Å². The lowest BCUT2D eigenvalue weighted by Gasteiger charge is -2.44. The van der Waals surface area contributed by atoms with E-state index in [0.717, 1.165) is 23.7 Å². The molecule has 4 fully saturated rings. The van der Waals surface area contributed by atoms with Crippen molar-refractivity contribution in [3.05, 3.63) is 83.4 Å². The van der Waals surface area contributed by atoms with Crippen LogP contribution in [0.2, 0.25) is 0 Å². The van der Waals surface area contributed by atoms with Crippen LogP contribution in [0.5, 0.6) is 0 Å². The van der Waals surface area contributed by atoms with E-state index in [9.17, 15) is 0 Å². The van der Waals surface area contributed by atoms with Gasteiger partial charge in [-0.2, -0.15) is 0 Å². The highest BCUT2D eigenvalue weighted by Gasteiger charge is 2.65. The maximum Gasteiger partial charge on any atom is 0.0411 e. The number of fused-ring (bicyclic) bond motifs is 3. The van der Waals surface area contributed by atoms with Crippen molar-refractivity contribution in [3.8, 4) is 11.1 Å². The van der Waals surface area contributed by atoms with E-state index in [-0.39, 0.29) is 10.8 Å². The Labute approximate surface area is 198 Å². The van der Waals surface area contributed by atoms with Gasteiger partial charge in [-0.25, -0.2) is 0 Å². The number of rotatable bonds is 2. The van der Waals surface area contributed by atoms with Gasteiger partial charge in [-0.05, 0) is 107 Å². The summed E-state index contributed by atoms with van der Waals surface area (Å²) in [5, 5.41) is 0. The number of hydrogen-bond acceptors (Lipinski definition) is 1. The molecule has 8 rings (SSSR count). The maximum absolute atomic E-state index is 2.57. The standard InChI is InChI=1S/C32H35N/c1-31(2,3)22-9-11-24(12-10-22)33(4)25-13-14-27-26-7-5-6-8-28(26)32(30(27)19-25)23-16-20-15-21(18-23)29(32)17-20/h5-14,19-21,23,29H,15-18H2,1-4H3. The van der Waals surface area contributed by atoms with Crippen LogP contribution in [-0.2, 0) is 10.8 Å². The van der Waals surface area contributed by atoms with Crippen LogP contribution in [-0.4, -0.2) is 7.05 Å². The average Bonchev–Trinajstić information content (AvgIpc) is 3.36. The van der Waals surface area contributed by atoms with Crippen molar-refractivity contribution in [2.24, 2.45) is 23.7 Å². The molecule has 1 nitrogen and oxygen atoms in total. The lowest BCUT2D eigenvalue weighted by atomic mass is 9.59. The summed E-state index contributed by atoms with van der Waals surface area (Å²) in [5.74, 6) is 3.61. The van der Waals surface area contributed by atoms with Crippen LogP contribution in [0.15, 0.2) is 66.7 Å². The molecule has 5 unspecified atom stereocenters. The van der Waals surface area contributed by atoms with Crippen LogP contribution in [0.4, 0.5) is 11.4 Å². The lowest BCUT2D eigenvalue weighted by Crippen LogP contribution is -2.40. The molecule has 5 atom stereocenters. The minimum Gasteiger partial charge on any atom is -0.345 e. The summed E-state index contributed by atoms with van der Waals surface area (Å²) in [4.78, 5) is 2.38. The second-order valence-corrected chi connectivity index (χ2v) is 12.4. The highest BCUT2D eigenvalue weighted by molar-refractivity contribution is 5.84. The van der Waals surface area contributed by atoms with E-state index in [1.165, 1.54) is 53.7 Å². The molecule has 4 saturated carbocycles. The first-order valence-electron chi connectivity index (χ1n) is 13.0. The molecular weight excluding hydrogens is 398 g/mol. The third-order valence-corrected chi connectivity index (χ3v) is 9.85. The zero-order valence-electron chi connectivity index (χ0n) is 20.4. The molecule has 0 aliphatic heterocycles. The van der Waals surface area contributed by atoms with Gasteiger partial charge in [-0.1, -0.05) is 63.2 Å². The summed E-state index contributed by atoms with van der Waals surface area (Å²) >= 11 is 0. The number of anilines is 2. The minimum absolute atomic E-state index is 0.184. The molecule has 33 heavy (non-hydrogen) atoms. The average molecular weight is 434 g/mol. The normalized spacial score (nSPS) is 30.7. The second-order valence-electron chi connectivity index (χ2n) is 12.4. The van der Waals surface area contributed by atoms with Crippen molar-refractivity contribution in [2.45, 2.75) is 57.3 Å². The summed E-state index contributed by atoms with van der Waals surface area (Å²) in [7, 11) is 2.23. The van der Waals surface area contributed by atoms with Crippen LogP contribution in [0.25, 0.3) is 11.1 Å². The predicted molar refractivity (Wildman–Crippen MR) is 138 cm³/mol. The third kappa shape index (κ3) is 2.54. The van der Waals surface area contributed by atoms with Crippen LogP contribution < -0.4 is 4.90 Å². The SMILES string of the molecule is CN(c1ccc(C(C)(C)C)cc1)c1ccc2c(c1)C1(c3ccccc3-2)C2CC3CC(C2)C1C3. The third-order valence-electron chi connectivity index (χ3n) is 9.85. The molecular formula is C32H35N. The quantitative estimate of drug-likeness (QED) is 0.395. The fraction of sp³-hybridized carbons (Fsp3) is 0.438. The molecule has 1 heteroatoms. The van der Waals surface area contributed by atoms with Gasteiger partial charge < -0.3 is 4.90 Å². The predicted octanol–water partition coefficient (Wildman–Crippen LogP) is 8.08. The zero-order chi connectivity index (χ0) is 22.5. The van der Waals surface area contributed by atoms with E-state index in [2.05, 4.69) is 99.4 Å². The van der Waals surface area contributed by atoms with Gasteiger partial charge in [0.25, 0.3) is 0 Å². The summed E-state index contributed by atoms with van der Waals surface area (Å²) in [6.07, 6.45) is 5.82. The first-order chi connectivity index (χ1) is 15.9. The van der Waals surface area contributed by atoms with Gasteiger partial charge >= 0.3 is 0 Å². The molecule has 0 aromatic heterocycles. The van der Waals surface area contributed by atoms with Gasteiger partial charge in [0.15, 0.2) is 0 Å². The van der Waals surface area contributed by atoms with E-state index in [1.54, 1.807) is 11.1 Å². The molecule has 3 aromatic rings. The number of benzene rings is 3. The van der Waals surface area contributed by atoms with E-state index in [1.807, 2.05) is 0 Å². The monoisotopic (exact) mass is 433 g/mol. The van der Waals surface area contributed by atoms with Crippen LogP contribution in [0.3, 0.4) is 0 Å². The highest BCUT2D eigenvalue weighted by atomic mass is 15.1. The Balaban J connectivity index is 1.35. The number of nitrogens with zero attached hydrogens (tertiary/aromatic N) is 1.